The lowest BCUT2D eigenvalue weighted by atomic mass is 10.1. The van der Waals surface area contributed by atoms with Gasteiger partial charge >= 0.3 is 6.09 Å². The monoisotopic (exact) mass is 308 g/mol. The molecule has 6 nitrogen and oxygen atoms in total. The number of benzene rings is 1. The van der Waals surface area contributed by atoms with Crippen LogP contribution in [0.25, 0.3) is 0 Å². The minimum atomic E-state index is -0.832. The van der Waals surface area contributed by atoms with Crippen LogP contribution in [0.1, 0.15) is 12.0 Å². The van der Waals surface area contributed by atoms with E-state index in [-0.39, 0.29) is 0 Å². The zero-order valence-electron chi connectivity index (χ0n) is 13.0. The van der Waals surface area contributed by atoms with Gasteiger partial charge < -0.3 is 19.5 Å². The number of methoxy groups -OCH3 is 1. The van der Waals surface area contributed by atoms with Crippen LogP contribution >= 0.6 is 0 Å². The van der Waals surface area contributed by atoms with Gasteiger partial charge in [0.05, 0.1) is 6.61 Å². The maximum absolute atomic E-state index is 10.9. The quantitative estimate of drug-likeness (QED) is 0.780. The highest BCUT2D eigenvalue weighted by Crippen LogP contribution is 2.20. The van der Waals surface area contributed by atoms with E-state index in [2.05, 4.69) is 11.0 Å². The molecule has 1 aliphatic rings. The predicted molar refractivity (Wildman–Crippen MR) is 83.3 cm³/mol. The molecule has 1 heterocycles. The van der Waals surface area contributed by atoms with Crippen molar-refractivity contribution in [3.8, 4) is 5.75 Å². The summed E-state index contributed by atoms with van der Waals surface area (Å²) in [5.41, 5.74) is 1.14. The summed E-state index contributed by atoms with van der Waals surface area (Å²) in [7, 11) is 1.69. The normalized spacial score (nSPS) is 15.8. The molecule has 2 rings (SSSR count). The molecule has 0 saturated carbocycles. The van der Waals surface area contributed by atoms with Crippen molar-refractivity contribution in [1.82, 2.24) is 9.80 Å². The first-order valence-corrected chi connectivity index (χ1v) is 7.60. The molecule has 22 heavy (non-hydrogen) atoms. The molecular weight excluding hydrogens is 284 g/mol. The molecule has 0 atom stereocenters. The number of hydrogen-bond donors (Lipinski definition) is 1. The Hall–Kier alpha value is -1.79. The second-order valence-corrected chi connectivity index (χ2v) is 5.35. The van der Waals surface area contributed by atoms with Gasteiger partial charge in [-0.1, -0.05) is 18.2 Å². The fourth-order valence-electron chi connectivity index (χ4n) is 2.50. The van der Waals surface area contributed by atoms with Gasteiger partial charge in [0.25, 0.3) is 0 Å². The Kier molecular flexibility index (Phi) is 6.48. The number of rotatable bonds is 7. The number of nitrogens with zero attached hydrogens (tertiary/aromatic N) is 2. The summed E-state index contributed by atoms with van der Waals surface area (Å²) in [5.74, 6) is 0.902. The Balaban J connectivity index is 1.86. The maximum atomic E-state index is 10.9. The third-order valence-corrected chi connectivity index (χ3v) is 3.76. The van der Waals surface area contributed by atoms with Crippen molar-refractivity contribution in [3.63, 3.8) is 0 Å². The zero-order valence-corrected chi connectivity index (χ0v) is 13.0. The summed E-state index contributed by atoms with van der Waals surface area (Å²) in [6, 6.07) is 8.02. The van der Waals surface area contributed by atoms with Gasteiger partial charge in [0.1, 0.15) is 5.75 Å². The van der Waals surface area contributed by atoms with Gasteiger partial charge in [0, 0.05) is 58.4 Å². The molecule has 1 aliphatic heterocycles. The van der Waals surface area contributed by atoms with Crippen molar-refractivity contribution in [2.75, 3.05) is 46.5 Å². The number of piperazine rings is 1. The number of ether oxygens (including phenoxy) is 2. The molecule has 1 fully saturated rings. The van der Waals surface area contributed by atoms with Gasteiger partial charge in [-0.05, 0) is 6.07 Å². The van der Waals surface area contributed by atoms with E-state index in [0.717, 1.165) is 37.4 Å². The van der Waals surface area contributed by atoms with Crippen molar-refractivity contribution < 1.29 is 19.4 Å². The van der Waals surface area contributed by atoms with E-state index in [9.17, 15) is 4.79 Å². The van der Waals surface area contributed by atoms with Crippen molar-refractivity contribution in [2.45, 2.75) is 13.0 Å². The number of para-hydroxylation sites is 1. The summed E-state index contributed by atoms with van der Waals surface area (Å²) >= 11 is 0. The van der Waals surface area contributed by atoms with Crippen molar-refractivity contribution in [2.24, 2.45) is 0 Å². The first-order valence-electron chi connectivity index (χ1n) is 7.60. The van der Waals surface area contributed by atoms with E-state index in [1.165, 1.54) is 4.90 Å². The predicted octanol–water partition coefficient (Wildman–Crippen LogP) is 1.90. The number of carbonyl (C=O) groups is 1. The largest absolute Gasteiger partial charge is 0.493 e. The van der Waals surface area contributed by atoms with Crippen LogP contribution in [0.2, 0.25) is 0 Å². The molecule has 1 aromatic rings. The fraction of sp³-hybridized carbons (Fsp3) is 0.562. The molecule has 1 amide bonds. The summed E-state index contributed by atoms with van der Waals surface area (Å²) in [6.07, 6.45) is 0.0313. The summed E-state index contributed by atoms with van der Waals surface area (Å²) < 4.78 is 10.8. The van der Waals surface area contributed by atoms with E-state index in [4.69, 9.17) is 14.6 Å². The second-order valence-electron chi connectivity index (χ2n) is 5.35. The van der Waals surface area contributed by atoms with E-state index in [1.54, 1.807) is 7.11 Å². The van der Waals surface area contributed by atoms with Gasteiger partial charge in [-0.2, -0.15) is 0 Å². The van der Waals surface area contributed by atoms with E-state index >= 15 is 0 Å². The van der Waals surface area contributed by atoms with Crippen LogP contribution < -0.4 is 4.74 Å². The Morgan fingerprint density at radius 3 is 2.59 bits per heavy atom. The molecule has 1 aromatic carbocycles. The lowest BCUT2D eigenvalue weighted by Gasteiger charge is -2.33. The molecule has 0 bridgehead atoms. The van der Waals surface area contributed by atoms with Crippen molar-refractivity contribution in [3.05, 3.63) is 29.8 Å². The molecule has 0 spiro atoms. The number of amides is 1. The third-order valence-electron chi connectivity index (χ3n) is 3.76. The highest BCUT2D eigenvalue weighted by molar-refractivity contribution is 5.65. The standard InChI is InChI=1S/C16H24N2O4/c1-21-11-4-12-22-15-6-3-2-5-14(15)13-17-7-9-18(10-8-17)16(19)20/h2-3,5-6H,4,7-13H2,1H3,(H,19,20). The third kappa shape index (κ3) is 4.89. The van der Waals surface area contributed by atoms with Crippen LogP contribution in [0, 0.1) is 0 Å². The Morgan fingerprint density at radius 2 is 1.91 bits per heavy atom. The summed E-state index contributed by atoms with van der Waals surface area (Å²) in [4.78, 5) is 14.6. The molecule has 6 heteroatoms. The van der Waals surface area contributed by atoms with Crippen LogP contribution in [0.3, 0.4) is 0 Å². The van der Waals surface area contributed by atoms with Gasteiger partial charge in [-0.25, -0.2) is 4.79 Å². The molecule has 0 aromatic heterocycles. The molecule has 1 saturated heterocycles. The molecular formula is C16H24N2O4. The number of hydrogen-bond acceptors (Lipinski definition) is 4. The SMILES string of the molecule is COCCCOc1ccccc1CN1CCN(C(=O)O)CC1. The van der Waals surface area contributed by atoms with Gasteiger partial charge in [0.15, 0.2) is 0 Å². The average molecular weight is 308 g/mol. The molecule has 0 radical (unpaired) electrons. The first kappa shape index (κ1) is 16.6. The van der Waals surface area contributed by atoms with Gasteiger partial charge in [-0.15, -0.1) is 0 Å². The lowest BCUT2D eigenvalue weighted by molar-refractivity contribution is 0.102. The maximum Gasteiger partial charge on any atom is 0.407 e. The minimum Gasteiger partial charge on any atom is -0.493 e. The zero-order chi connectivity index (χ0) is 15.8. The lowest BCUT2D eigenvalue weighted by Crippen LogP contribution is -2.47. The Bertz CT molecular complexity index is 473. The summed E-state index contributed by atoms with van der Waals surface area (Å²) in [6.45, 7) is 4.75. The van der Waals surface area contributed by atoms with Crippen LogP contribution in [-0.2, 0) is 11.3 Å². The Morgan fingerprint density at radius 1 is 1.18 bits per heavy atom. The van der Waals surface area contributed by atoms with Crippen LogP contribution in [0.4, 0.5) is 4.79 Å². The highest BCUT2D eigenvalue weighted by Gasteiger charge is 2.20. The van der Waals surface area contributed by atoms with Crippen molar-refractivity contribution in [1.29, 1.82) is 0 Å². The molecule has 0 unspecified atom stereocenters. The highest BCUT2D eigenvalue weighted by atomic mass is 16.5. The molecule has 122 valence electrons. The van der Waals surface area contributed by atoms with E-state index in [1.807, 2.05) is 18.2 Å². The average Bonchev–Trinajstić information content (AvgIpc) is 2.53. The Labute approximate surface area is 131 Å². The smallest absolute Gasteiger partial charge is 0.407 e. The molecule has 1 N–H and O–H groups in total. The van der Waals surface area contributed by atoms with Crippen LogP contribution in [0.15, 0.2) is 24.3 Å². The van der Waals surface area contributed by atoms with Gasteiger partial charge in [-0.3, -0.25) is 4.90 Å². The second kappa shape index (κ2) is 8.60. The summed E-state index contributed by atoms with van der Waals surface area (Å²) in [5, 5.41) is 8.98. The van der Waals surface area contributed by atoms with Crippen LogP contribution in [-0.4, -0.2) is 67.5 Å². The molecule has 0 aliphatic carbocycles. The van der Waals surface area contributed by atoms with Crippen molar-refractivity contribution >= 4 is 6.09 Å². The number of carboxylic acid groups (broad SMARTS) is 1. The van der Waals surface area contributed by atoms with E-state index in [0.29, 0.717) is 26.3 Å². The topological polar surface area (TPSA) is 62.2 Å². The van der Waals surface area contributed by atoms with E-state index < -0.39 is 6.09 Å². The van der Waals surface area contributed by atoms with Gasteiger partial charge in [0.2, 0.25) is 0 Å². The van der Waals surface area contributed by atoms with Crippen LogP contribution in [0.5, 0.6) is 5.75 Å². The fourth-order valence-corrected chi connectivity index (χ4v) is 2.50. The minimum absolute atomic E-state index is 0.562. The first-order chi connectivity index (χ1) is 10.7.